The quantitative estimate of drug-likeness (QED) is 0.743. The molecule has 1 fully saturated rings. The van der Waals surface area contributed by atoms with E-state index in [-0.39, 0.29) is 17.3 Å². The molecule has 0 aliphatic heterocycles. The number of H-pyrrole nitrogens is 1. The third-order valence-corrected chi connectivity index (χ3v) is 4.26. The molecule has 0 saturated heterocycles. The Kier molecular flexibility index (Phi) is 3.12. The Morgan fingerprint density at radius 3 is 2.74 bits per heavy atom. The molecule has 0 amide bonds. The van der Waals surface area contributed by atoms with Gasteiger partial charge in [-0.3, -0.25) is 13.9 Å². The zero-order valence-corrected chi connectivity index (χ0v) is 13.2. The number of pyridine rings is 1. The van der Waals surface area contributed by atoms with Gasteiger partial charge in [-0.1, -0.05) is 11.6 Å². The van der Waals surface area contributed by atoms with Crippen LogP contribution < -0.4 is 11.2 Å². The highest BCUT2D eigenvalue weighted by atomic mass is 35.5. The van der Waals surface area contributed by atoms with E-state index in [0.29, 0.717) is 34.2 Å². The molecule has 8 heteroatoms. The molecule has 4 rings (SSSR count). The molecule has 0 spiro atoms. The average Bonchev–Trinajstić information content (AvgIpc) is 3.26. The second-order valence-electron chi connectivity index (χ2n) is 5.59. The Morgan fingerprint density at radius 1 is 1.35 bits per heavy atom. The van der Waals surface area contributed by atoms with Crippen molar-refractivity contribution in [1.29, 1.82) is 0 Å². The number of aryl methyl sites for hydroxylation is 1. The molecule has 1 saturated carbocycles. The molecule has 3 heterocycles. The lowest BCUT2D eigenvalue weighted by Crippen LogP contribution is -2.39. The first kappa shape index (κ1) is 14.2. The van der Waals surface area contributed by atoms with Crippen LogP contribution in [-0.4, -0.2) is 24.1 Å². The van der Waals surface area contributed by atoms with Gasteiger partial charge in [0.15, 0.2) is 5.65 Å². The third kappa shape index (κ3) is 2.19. The fourth-order valence-electron chi connectivity index (χ4n) is 2.73. The molecule has 1 aliphatic rings. The lowest BCUT2D eigenvalue weighted by molar-refractivity contribution is 0.595. The van der Waals surface area contributed by atoms with Crippen molar-refractivity contribution in [2.45, 2.75) is 32.4 Å². The van der Waals surface area contributed by atoms with Crippen LogP contribution in [0.2, 0.25) is 5.15 Å². The Morgan fingerprint density at radius 2 is 2.13 bits per heavy atom. The minimum absolute atomic E-state index is 0.0150. The highest BCUT2D eigenvalue weighted by molar-refractivity contribution is 6.29. The zero-order chi connectivity index (χ0) is 16.1. The van der Waals surface area contributed by atoms with Gasteiger partial charge in [0.05, 0.1) is 0 Å². The van der Waals surface area contributed by atoms with E-state index >= 15 is 0 Å². The predicted molar refractivity (Wildman–Crippen MR) is 86.8 cm³/mol. The summed E-state index contributed by atoms with van der Waals surface area (Å²) in [6, 6.07) is 3.43. The smallest absolute Gasteiger partial charge is 0.332 e. The number of nitrogens with one attached hydrogen (secondary N) is 1. The molecule has 0 unspecified atom stereocenters. The first-order valence-electron chi connectivity index (χ1n) is 7.47. The Hall–Kier alpha value is -2.41. The monoisotopic (exact) mass is 331 g/mol. The van der Waals surface area contributed by atoms with Crippen molar-refractivity contribution in [3.63, 3.8) is 0 Å². The van der Waals surface area contributed by atoms with Gasteiger partial charge in [-0.25, -0.2) is 14.8 Å². The van der Waals surface area contributed by atoms with Crippen LogP contribution in [0.5, 0.6) is 0 Å². The first-order valence-corrected chi connectivity index (χ1v) is 7.85. The van der Waals surface area contributed by atoms with Crippen molar-refractivity contribution in [2.24, 2.45) is 0 Å². The van der Waals surface area contributed by atoms with Gasteiger partial charge in [0, 0.05) is 24.3 Å². The standard InChI is InChI=1S/C15H14ClN5O2/c1-2-20-13-11(14(22)21(15(20)23)9-4-5-9)18-12(19-13)8-3-6-10(16)17-7-8/h3,6-7,9H,2,4-5H2,1H3,(H,18,19). The number of nitrogens with zero attached hydrogens (tertiary/aromatic N) is 4. The maximum absolute atomic E-state index is 12.6. The van der Waals surface area contributed by atoms with Crippen LogP contribution in [0.1, 0.15) is 25.8 Å². The van der Waals surface area contributed by atoms with E-state index in [1.54, 1.807) is 18.3 Å². The van der Waals surface area contributed by atoms with E-state index in [1.165, 1.54) is 9.13 Å². The van der Waals surface area contributed by atoms with Gasteiger partial charge in [0.25, 0.3) is 5.56 Å². The van der Waals surface area contributed by atoms with Crippen molar-refractivity contribution in [1.82, 2.24) is 24.1 Å². The second-order valence-corrected chi connectivity index (χ2v) is 5.97. The molecule has 7 nitrogen and oxygen atoms in total. The molecule has 23 heavy (non-hydrogen) atoms. The summed E-state index contributed by atoms with van der Waals surface area (Å²) in [7, 11) is 0. The minimum atomic E-state index is -0.308. The summed E-state index contributed by atoms with van der Waals surface area (Å²) in [5, 5.41) is 0.381. The van der Waals surface area contributed by atoms with E-state index in [1.807, 2.05) is 6.92 Å². The fraction of sp³-hybridized carbons (Fsp3) is 0.333. The number of fused-ring (bicyclic) bond motifs is 1. The number of hydrogen-bond donors (Lipinski definition) is 1. The number of aromatic nitrogens is 5. The molecule has 3 aromatic rings. The van der Waals surface area contributed by atoms with Crippen LogP contribution in [0, 0.1) is 0 Å². The Balaban J connectivity index is 2.01. The summed E-state index contributed by atoms with van der Waals surface area (Å²) in [6.45, 7) is 2.31. The SMILES string of the molecule is CCn1c(=O)n(C2CC2)c(=O)c2[nH]c(-c3ccc(Cl)nc3)nc21. The van der Waals surface area contributed by atoms with Crippen LogP contribution in [0.15, 0.2) is 27.9 Å². The third-order valence-electron chi connectivity index (χ3n) is 4.04. The lowest BCUT2D eigenvalue weighted by atomic mass is 10.3. The number of rotatable bonds is 3. The van der Waals surface area contributed by atoms with Crippen LogP contribution in [-0.2, 0) is 6.54 Å². The Bertz CT molecular complexity index is 1010. The van der Waals surface area contributed by atoms with Gasteiger partial charge in [0.1, 0.15) is 16.5 Å². The van der Waals surface area contributed by atoms with E-state index in [0.717, 1.165) is 12.8 Å². The summed E-state index contributed by atoms with van der Waals surface area (Å²) in [5.41, 5.74) is 0.836. The van der Waals surface area contributed by atoms with Crippen molar-refractivity contribution >= 4 is 22.8 Å². The summed E-state index contributed by atoms with van der Waals surface area (Å²) in [6.07, 6.45) is 3.31. The number of aromatic amines is 1. The molecule has 0 bridgehead atoms. The van der Waals surface area contributed by atoms with Gasteiger partial charge in [-0.15, -0.1) is 0 Å². The molecule has 118 valence electrons. The molecule has 0 aromatic carbocycles. The number of halogens is 1. The van der Waals surface area contributed by atoms with Crippen LogP contribution >= 0.6 is 11.6 Å². The van der Waals surface area contributed by atoms with Gasteiger partial charge < -0.3 is 4.98 Å². The summed E-state index contributed by atoms with van der Waals surface area (Å²) < 4.78 is 2.87. The minimum Gasteiger partial charge on any atom is -0.332 e. The highest BCUT2D eigenvalue weighted by Gasteiger charge is 2.29. The van der Waals surface area contributed by atoms with Crippen molar-refractivity contribution < 1.29 is 0 Å². The first-order chi connectivity index (χ1) is 11.1. The molecule has 1 N–H and O–H groups in total. The summed E-state index contributed by atoms with van der Waals surface area (Å²) in [4.78, 5) is 36.7. The van der Waals surface area contributed by atoms with E-state index < -0.39 is 0 Å². The zero-order valence-electron chi connectivity index (χ0n) is 12.4. The van der Waals surface area contributed by atoms with Crippen LogP contribution in [0.3, 0.4) is 0 Å². The van der Waals surface area contributed by atoms with E-state index in [9.17, 15) is 9.59 Å². The van der Waals surface area contributed by atoms with Crippen molar-refractivity contribution in [2.75, 3.05) is 0 Å². The maximum Gasteiger partial charge on any atom is 0.332 e. The number of imidazole rings is 1. The van der Waals surface area contributed by atoms with E-state index in [4.69, 9.17) is 11.6 Å². The summed E-state index contributed by atoms with van der Waals surface area (Å²) >= 11 is 5.79. The normalized spacial score (nSPS) is 14.5. The molecule has 1 aliphatic carbocycles. The average molecular weight is 332 g/mol. The lowest BCUT2D eigenvalue weighted by Gasteiger charge is -2.07. The van der Waals surface area contributed by atoms with Crippen molar-refractivity contribution in [3.8, 4) is 11.4 Å². The van der Waals surface area contributed by atoms with Gasteiger partial charge in [-0.05, 0) is 31.9 Å². The fourth-order valence-corrected chi connectivity index (χ4v) is 2.84. The van der Waals surface area contributed by atoms with Gasteiger partial charge >= 0.3 is 5.69 Å². The van der Waals surface area contributed by atoms with Gasteiger partial charge in [0.2, 0.25) is 0 Å². The van der Waals surface area contributed by atoms with Crippen LogP contribution in [0.25, 0.3) is 22.6 Å². The predicted octanol–water partition coefficient (Wildman–Crippen LogP) is 1.96. The Labute approximate surface area is 135 Å². The number of hydrogen-bond acceptors (Lipinski definition) is 4. The second kappa shape index (κ2) is 5.06. The van der Waals surface area contributed by atoms with Crippen molar-refractivity contribution in [3.05, 3.63) is 44.3 Å². The highest BCUT2D eigenvalue weighted by Crippen LogP contribution is 2.32. The molecule has 0 atom stereocenters. The van der Waals surface area contributed by atoms with E-state index in [2.05, 4.69) is 15.0 Å². The maximum atomic E-state index is 12.6. The summed E-state index contributed by atoms with van der Waals surface area (Å²) in [5.74, 6) is 0.497. The molecule has 3 aromatic heterocycles. The van der Waals surface area contributed by atoms with Crippen LogP contribution in [0.4, 0.5) is 0 Å². The molecule has 0 radical (unpaired) electrons. The topological polar surface area (TPSA) is 85.6 Å². The molecular formula is C15H14ClN5O2. The van der Waals surface area contributed by atoms with Gasteiger partial charge in [-0.2, -0.15) is 0 Å². The molecular weight excluding hydrogens is 318 g/mol. The largest absolute Gasteiger partial charge is 0.332 e.